The SMILES string of the molecule is c1ncc(N2CCOCC2)[nH]1. The van der Waals surface area contributed by atoms with Gasteiger partial charge in [0.2, 0.25) is 0 Å². The number of nitrogens with zero attached hydrogens (tertiary/aromatic N) is 2. The molecule has 0 spiro atoms. The summed E-state index contributed by atoms with van der Waals surface area (Å²) in [4.78, 5) is 9.26. The van der Waals surface area contributed by atoms with E-state index in [9.17, 15) is 0 Å². The molecule has 60 valence electrons. The number of H-pyrrole nitrogens is 1. The van der Waals surface area contributed by atoms with Gasteiger partial charge < -0.3 is 14.6 Å². The van der Waals surface area contributed by atoms with Crippen LogP contribution in [0.2, 0.25) is 0 Å². The molecule has 11 heavy (non-hydrogen) atoms. The van der Waals surface area contributed by atoms with Crippen LogP contribution in [0.1, 0.15) is 0 Å². The Bertz CT molecular complexity index is 203. The maximum Gasteiger partial charge on any atom is 0.126 e. The first-order chi connectivity index (χ1) is 5.47. The van der Waals surface area contributed by atoms with E-state index in [1.54, 1.807) is 6.33 Å². The van der Waals surface area contributed by atoms with Crippen LogP contribution in [0.15, 0.2) is 12.5 Å². The van der Waals surface area contributed by atoms with Gasteiger partial charge >= 0.3 is 0 Å². The Hall–Kier alpha value is -1.03. The molecule has 0 saturated carbocycles. The minimum Gasteiger partial charge on any atom is -0.378 e. The van der Waals surface area contributed by atoms with E-state index >= 15 is 0 Å². The highest BCUT2D eigenvalue weighted by molar-refractivity contribution is 5.35. The largest absolute Gasteiger partial charge is 0.378 e. The average Bonchev–Trinajstić information content (AvgIpc) is 2.58. The van der Waals surface area contributed by atoms with E-state index in [2.05, 4.69) is 14.9 Å². The van der Waals surface area contributed by atoms with E-state index in [1.165, 1.54) is 0 Å². The third kappa shape index (κ3) is 1.35. The molecule has 2 rings (SSSR count). The first-order valence-electron chi connectivity index (χ1n) is 3.78. The molecule has 1 aliphatic rings. The second-order valence-corrected chi connectivity index (χ2v) is 2.54. The second-order valence-electron chi connectivity index (χ2n) is 2.54. The molecule has 1 aliphatic heterocycles. The molecule has 0 unspecified atom stereocenters. The molecular formula is C7H11N3O. The maximum atomic E-state index is 5.22. The zero-order chi connectivity index (χ0) is 7.52. The molecule has 0 aromatic carbocycles. The van der Waals surface area contributed by atoms with Crippen molar-refractivity contribution < 1.29 is 4.74 Å². The zero-order valence-electron chi connectivity index (χ0n) is 6.29. The van der Waals surface area contributed by atoms with Crippen LogP contribution in [0.3, 0.4) is 0 Å². The first kappa shape index (κ1) is 6.67. The summed E-state index contributed by atoms with van der Waals surface area (Å²) in [6.45, 7) is 3.56. The van der Waals surface area contributed by atoms with Crippen LogP contribution in [0.4, 0.5) is 5.82 Å². The van der Waals surface area contributed by atoms with Gasteiger partial charge in [-0.2, -0.15) is 0 Å². The predicted octanol–water partition coefficient (Wildman–Crippen LogP) is 0.246. The quantitative estimate of drug-likeness (QED) is 0.628. The molecule has 1 fully saturated rings. The van der Waals surface area contributed by atoms with Gasteiger partial charge in [-0.1, -0.05) is 0 Å². The number of aromatic amines is 1. The summed E-state index contributed by atoms with van der Waals surface area (Å²) in [5.41, 5.74) is 0. The van der Waals surface area contributed by atoms with Crippen molar-refractivity contribution in [3.63, 3.8) is 0 Å². The normalized spacial score (nSPS) is 18.7. The summed E-state index contributed by atoms with van der Waals surface area (Å²) in [5.74, 6) is 1.09. The molecule has 1 N–H and O–H groups in total. The van der Waals surface area contributed by atoms with E-state index in [-0.39, 0.29) is 0 Å². The predicted molar refractivity (Wildman–Crippen MR) is 41.6 cm³/mol. The Labute approximate surface area is 65.2 Å². The number of hydrogen-bond acceptors (Lipinski definition) is 3. The smallest absolute Gasteiger partial charge is 0.126 e. The fourth-order valence-electron chi connectivity index (χ4n) is 1.23. The summed E-state index contributed by atoms with van der Waals surface area (Å²) in [7, 11) is 0. The lowest BCUT2D eigenvalue weighted by molar-refractivity contribution is 0.122. The van der Waals surface area contributed by atoms with Gasteiger partial charge in [0.25, 0.3) is 0 Å². The molecule has 0 atom stereocenters. The van der Waals surface area contributed by atoms with Crippen LogP contribution in [0.25, 0.3) is 0 Å². The number of morpholine rings is 1. The molecule has 1 aromatic heterocycles. The van der Waals surface area contributed by atoms with Gasteiger partial charge in [-0.3, -0.25) is 0 Å². The standard InChI is InChI=1S/C7H11N3O/c1-3-11-4-2-10(1)7-5-8-6-9-7/h5-6H,1-4H2,(H,8,9). The highest BCUT2D eigenvalue weighted by Gasteiger charge is 2.10. The topological polar surface area (TPSA) is 41.2 Å². The van der Waals surface area contributed by atoms with E-state index < -0.39 is 0 Å². The van der Waals surface area contributed by atoms with Crippen molar-refractivity contribution in [2.24, 2.45) is 0 Å². The van der Waals surface area contributed by atoms with Crippen LogP contribution < -0.4 is 4.90 Å². The van der Waals surface area contributed by atoms with Crippen LogP contribution >= 0.6 is 0 Å². The minimum absolute atomic E-state index is 0.818. The lowest BCUT2D eigenvalue weighted by Gasteiger charge is -2.26. The molecule has 0 radical (unpaired) electrons. The Morgan fingerprint density at radius 3 is 2.91 bits per heavy atom. The molecule has 1 saturated heterocycles. The van der Waals surface area contributed by atoms with Gasteiger partial charge in [0.15, 0.2) is 0 Å². The van der Waals surface area contributed by atoms with Crippen molar-refractivity contribution in [3.8, 4) is 0 Å². The number of hydrogen-bond donors (Lipinski definition) is 1. The number of aromatic nitrogens is 2. The molecule has 0 bridgehead atoms. The molecule has 2 heterocycles. The maximum absolute atomic E-state index is 5.22. The van der Waals surface area contributed by atoms with Gasteiger partial charge in [0, 0.05) is 13.1 Å². The summed E-state index contributed by atoms with van der Waals surface area (Å²) in [6, 6.07) is 0. The number of rotatable bonds is 1. The van der Waals surface area contributed by atoms with Gasteiger partial charge in [0.05, 0.1) is 25.7 Å². The molecule has 4 nitrogen and oxygen atoms in total. The minimum atomic E-state index is 0.818. The third-order valence-corrected chi connectivity index (χ3v) is 1.84. The molecule has 1 aromatic rings. The van der Waals surface area contributed by atoms with Crippen molar-refractivity contribution in [3.05, 3.63) is 12.5 Å². The van der Waals surface area contributed by atoms with Crippen molar-refractivity contribution >= 4 is 5.82 Å². The van der Waals surface area contributed by atoms with Gasteiger partial charge in [0.1, 0.15) is 5.82 Å². The molecule has 4 heteroatoms. The fourth-order valence-corrected chi connectivity index (χ4v) is 1.23. The highest BCUT2D eigenvalue weighted by Crippen LogP contribution is 2.09. The van der Waals surface area contributed by atoms with E-state index in [1.807, 2.05) is 6.20 Å². The lowest BCUT2D eigenvalue weighted by Crippen LogP contribution is -2.36. The summed E-state index contributed by atoms with van der Waals surface area (Å²) < 4.78 is 5.22. The monoisotopic (exact) mass is 153 g/mol. The summed E-state index contributed by atoms with van der Waals surface area (Å²) >= 11 is 0. The van der Waals surface area contributed by atoms with Gasteiger partial charge in [-0.25, -0.2) is 4.98 Å². The van der Waals surface area contributed by atoms with Crippen LogP contribution in [0.5, 0.6) is 0 Å². The number of imidazole rings is 1. The Balaban J connectivity index is 2.04. The van der Waals surface area contributed by atoms with E-state index in [4.69, 9.17) is 4.74 Å². The Kier molecular flexibility index (Phi) is 1.77. The van der Waals surface area contributed by atoms with Crippen molar-refractivity contribution in [1.82, 2.24) is 9.97 Å². The number of ether oxygens (including phenoxy) is 1. The average molecular weight is 153 g/mol. The van der Waals surface area contributed by atoms with Crippen LogP contribution in [-0.4, -0.2) is 36.3 Å². The zero-order valence-corrected chi connectivity index (χ0v) is 6.29. The Morgan fingerprint density at radius 1 is 1.45 bits per heavy atom. The Morgan fingerprint density at radius 2 is 2.27 bits per heavy atom. The van der Waals surface area contributed by atoms with E-state index in [0.29, 0.717) is 0 Å². The lowest BCUT2D eigenvalue weighted by atomic mass is 10.4. The van der Waals surface area contributed by atoms with Crippen molar-refractivity contribution in [2.45, 2.75) is 0 Å². The second kappa shape index (κ2) is 2.92. The van der Waals surface area contributed by atoms with E-state index in [0.717, 1.165) is 32.1 Å². The third-order valence-electron chi connectivity index (χ3n) is 1.84. The number of nitrogens with one attached hydrogen (secondary N) is 1. The van der Waals surface area contributed by atoms with Crippen LogP contribution in [0, 0.1) is 0 Å². The summed E-state index contributed by atoms with van der Waals surface area (Å²) in [6.07, 6.45) is 3.54. The van der Waals surface area contributed by atoms with Gasteiger partial charge in [-0.15, -0.1) is 0 Å². The van der Waals surface area contributed by atoms with Gasteiger partial charge in [-0.05, 0) is 0 Å². The summed E-state index contributed by atoms with van der Waals surface area (Å²) in [5, 5.41) is 0. The molecular weight excluding hydrogens is 142 g/mol. The molecule has 0 aliphatic carbocycles. The van der Waals surface area contributed by atoms with Crippen molar-refractivity contribution in [1.29, 1.82) is 0 Å². The number of anilines is 1. The van der Waals surface area contributed by atoms with Crippen LogP contribution in [-0.2, 0) is 4.74 Å². The highest BCUT2D eigenvalue weighted by atomic mass is 16.5. The molecule has 0 amide bonds. The fraction of sp³-hybridized carbons (Fsp3) is 0.571. The first-order valence-corrected chi connectivity index (χ1v) is 3.78. The van der Waals surface area contributed by atoms with Crippen molar-refractivity contribution in [2.75, 3.05) is 31.2 Å².